The van der Waals surface area contributed by atoms with Crippen molar-refractivity contribution in [1.29, 1.82) is 0 Å². The van der Waals surface area contributed by atoms with Crippen molar-refractivity contribution in [3.05, 3.63) is 35.9 Å². The lowest BCUT2D eigenvalue weighted by Gasteiger charge is -2.00. The molecule has 0 bridgehead atoms. The molecule has 0 aliphatic rings. The zero-order valence-corrected chi connectivity index (χ0v) is 8.98. The number of hydrogen-bond acceptors (Lipinski definition) is 2. The van der Waals surface area contributed by atoms with Crippen LogP contribution in [-0.4, -0.2) is 13.1 Å². The van der Waals surface area contributed by atoms with E-state index in [-0.39, 0.29) is 5.97 Å². The van der Waals surface area contributed by atoms with Crippen molar-refractivity contribution in [3.8, 4) is 0 Å². The summed E-state index contributed by atoms with van der Waals surface area (Å²) in [7, 11) is 1.34. The molecule has 0 heterocycles. The number of allylic oxidation sites excluding steroid dienone is 1. The first-order valence-corrected chi connectivity index (χ1v) is 4.02. The maximum atomic E-state index is 10.8. The molecular weight excluding hydrogens is 220 g/mol. The van der Waals surface area contributed by atoms with E-state index >= 15 is 0 Å². The van der Waals surface area contributed by atoms with Crippen LogP contribution in [0.15, 0.2) is 35.9 Å². The summed E-state index contributed by atoms with van der Waals surface area (Å²) in [6.45, 7) is 11.3. The molecule has 0 N–H and O–H groups in total. The Hall–Kier alpha value is -0.830. The van der Waals surface area contributed by atoms with Crippen LogP contribution < -0.4 is 0 Å². The molecule has 0 saturated carbocycles. The first-order chi connectivity index (χ1) is 5.63. The van der Waals surface area contributed by atoms with E-state index in [0.717, 1.165) is 0 Å². The van der Waals surface area contributed by atoms with E-state index < -0.39 is 0 Å². The van der Waals surface area contributed by atoms with Gasteiger partial charge < -0.3 is 4.74 Å². The fraction of sp³-hybridized carbons (Fsp3) is 0.222. The maximum Gasteiger partial charge on any atom is 0.338 e. The lowest BCUT2D eigenvalue weighted by molar-refractivity contribution is -0.135. The molecule has 0 aliphatic heterocycles. The van der Waals surface area contributed by atoms with Gasteiger partial charge in [0.15, 0.2) is 0 Å². The summed E-state index contributed by atoms with van der Waals surface area (Å²) in [4.78, 5) is 10.8. The van der Waals surface area contributed by atoms with Gasteiger partial charge in [0.25, 0.3) is 0 Å². The quantitative estimate of drug-likeness (QED) is 0.317. The second kappa shape index (κ2) is 8.27. The Bertz CT molecular complexity index is 195. The topological polar surface area (TPSA) is 26.3 Å². The van der Waals surface area contributed by atoms with E-state index in [9.17, 15) is 4.79 Å². The summed E-state index contributed by atoms with van der Waals surface area (Å²) in [5, 5.41) is 0. The highest BCUT2D eigenvalue weighted by molar-refractivity contribution is 9.12. The molecule has 0 fully saturated rings. The number of rotatable bonds is 2. The SMILES string of the molecule is C=C.C=C(Br)/C(=C\C)C(=O)OC. The number of methoxy groups -OCH3 is 1. The van der Waals surface area contributed by atoms with Crippen molar-refractivity contribution in [3.63, 3.8) is 0 Å². The Labute approximate surface area is 81.7 Å². The highest BCUT2D eigenvalue weighted by atomic mass is 79.9. The van der Waals surface area contributed by atoms with Gasteiger partial charge in [0, 0.05) is 4.48 Å². The third kappa shape index (κ3) is 4.91. The summed E-state index contributed by atoms with van der Waals surface area (Å²) in [6.07, 6.45) is 1.64. The highest BCUT2D eigenvalue weighted by Gasteiger charge is 2.08. The zero-order valence-electron chi connectivity index (χ0n) is 7.39. The van der Waals surface area contributed by atoms with E-state index in [1.165, 1.54) is 7.11 Å². The molecule has 12 heavy (non-hydrogen) atoms. The summed E-state index contributed by atoms with van der Waals surface area (Å²) in [6, 6.07) is 0. The van der Waals surface area contributed by atoms with Crippen LogP contribution in [-0.2, 0) is 9.53 Å². The van der Waals surface area contributed by atoms with Crippen molar-refractivity contribution in [2.45, 2.75) is 6.92 Å². The molecule has 0 aromatic rings. The van der Waals surface area contributed by atoms with Crippen LogP contribution in [0.3, 0.4) is 0 Å². The van der Waals surface area contributed by atoms with E-state index in [0.29, 0.717) is 10.1 Å². The van der Waals surface area contributed by atoms with Crippen molar-refractivity contribution >= 4 is 21.9 Å². The summed E-state index contributed by atoms with van der Waals surface area (Å²) >= 11 is 3.08. The fourth-order valence-electron chi connectivity index (χ4n) is 0.495. The Kier molecular flexibility index (Phi) is 9.47. The van der Waals surface area contributed by atoms with Gasteiger partial charge in [-0.3, -0.25) is 0 Å². The molecule has 2 nitrogen and oxygen atoms in total. The van der Waals surface area contributed by atoms with Crippen LogP contribution in [0, 0.1) is 0 Å². The minimum Gasteiger partial charge on any atom is -0.465 e. The third-order valence-corrected chi connectivity index (χ3v) is 1.41. The Morgan fingerprint density at radius 2 is 1.92 bits per heavy atom. The number of hydrogen-bond donors (Lipinski definition) is 0. The van der Waals surface area contributed by atoms with Gasteiger partial charge in [0.2, 0.25) is 0 Å². The van der Waals surface area contributed by atoms with E-state index in [1.54, 1.807) is 13.0 Å². The van der Waals surface area contributed by atoms with E-state index in [4.69, 9.17) is 0 Å². The van der Waals surface area contributed by atoms with Crippen LogP contribution in [0.25, 0.3) is 0 Å². The molecule has 0 aromatic heterocycles. The Morgan fingerprint density at radius 1 is 1.50 bits per heavy atom. The van der Waals surface area contributed by atoms with Crippen LogP contribution in [0.4, 0.5) is 0 Å². The van der Waals surface area contributed by atoms with Gasteiger partial charge in [-0.05, 0) is 6.92 Å². The zero-order chi connectivity index (χ0) is 10.1. The molecule has 0 spiro atoms. The Balaban J connectivity index is 0. The minimum absolute atomic E-state index is 0.371. The molecule has 0 amide bonds. The van der Waals surface area contributed by atoms with Gasteiger partial charge in [0.05, 0.1) is 12.7 Å². The molecule has 68 valence electrons. The number of carbonyl (C=O) groups excluding carboxylic acids is 1. The summed E-state index contributed by atoms with van der Waals surface area (Å²) < 4.78 is 5.01. The second-order valence-electron chi connectivity index (χ2n) is 1.60. The average Bonchev–Trinajstić information content (AvgIpc) is 2.08. The largest absolute Gasteiger partial charge is 0.465 e. The maximum absolute atomic E-state index is 10.8. The van der Waals surface area contributed by atoms with Crippen molar-refractivity contribution in [2.24, 2.45) is 0 Å². The lowest BCUT2D eigenvalue weighted by Crippen LogP contribution is -2.03. The predicted molar refractivity (Wildman–Crippen MR) is 55.1 cm³/mol. The normalized spacial score (nSPS) is 9.42. The molecule has 0 unspecified atom stereocenters. The monoisotopic (exact) mass is 232 g/mol. The molecule has 3 heteroatoms. The molecule has 0 aromatic carbocycles. The number of carbonyl (C=O) groups is 1. The average molecular weight is 233 g/mol. The number of halogens is 1. The Morgan fingerprint density at radius 3 is 2.00 bits per heavy atom. The predicted octanol–water partition coefficient (Wildman–Crippen LogP) is 2.82. The summed E-state index contributed by atoms with van der Waals surface area (Å²) in [5.74, 6) is -0.371. The number of ether oxygens (including phenoxy) is 1. The van der Waals surface area contributed by atoms with Crippen molar-refractivity contribution in [1.82, 2.24) is 0 Å². The second-order valence-corrected chi connectivity index (χ2v) is 2.56. The highest BCUT2D eigenvalue weighted by Crippen LogP contribution is 2.15. The van der Waals surface area contributed by atoms with Crippen LogP contribution >= 0.6 is 15.9 Å². The smallest absolute Gasteiger partial charge is 0.338 e. The van der Waals surface area contributed by atoms with Gasteiger partial charge in [-0.15, -0.1) is 13.2 Å². The summed E-state index contributed by atoms with van der Waals surface area (Å²) in [5.41, 5.74) is 0.461. The van der Waals surface area contributed by atoms with Gasteiger partial charge in [0.1, 0.15) is 0 Å². The molecule has 0 aliphatic carbocycles. The molecule has 0 saturated heterocycles. The standard InChI is InChI=1S/C7H9BrO2.C2H4/c1-4-6(5(2)8)7(9)10-3;1-2/h4H,2H2,1,3H3;1-2H2/b6-4+;. The first kappa shape index (κ1) is 13.7. The van der Waals surface area contributed by atoms with Gasteiger partial charge in [-0.2, -0.15) is 0 Å². The molecular formula is C9H13BrO2. The van der Waals surface area contributed by atoms with Crippen LogP contribution in [0.2, 0.25) is 0 Å². The molecule has 0 rings (SSSR count). The van der Waals surface area contributed by atoms with Crippen molar-refractivity contribution < 1.29 is 9.53 Å². The fourth-order valence-corrected chi connectivity index (χ4v) is 0.886. The van der Waals surface area contributed by atoms with E-state index in [2.05, 4.69) is 40.4 Å². The number of esters is 1. The molecule has 0 radical (unpaired) electrons. The van der Waals surface area contributed by atoms with Crippen LogP contribution in [0.1, 0.15) is 6.92 Å². The minimum atomic E-state index is -0.371. The lowest BCUT2D eigenvalue weighted by atomic mass is 10.2. The van der Waals surface area contributed by atoms with E-state index in [1.807, 2.05) is 0 Å². The van der Waals surface area contributed by atoms with Gasteiger partial charge >= 0.3 is 5.97 Å². The van der Waals surface area contributed by atoms with Gasteiger partial charge in [-0.1, -0.05) is 28.6 Å². The van der Waals surface area contributed by atoms with Crippen LogP contribution in [0.5, 0.6) is 0 Å². The third-order valence-electron chi connectivity index (χ3n) is 0.986. The van der Waals surface area contributed by atoms with Gasteiger partial charge in [-0.25, -0.2) is 4.79 Å². The molecule has 0 atom stereocenters. The first-order valence-electron chi connectivity index (χ1n) is 3.23. The van der Waals surface area contributed by atoms with Crippen molar-refractivity contribution in [2.75, 3.05) is 7.11 Å².